The maximum Gasteiger partial charge on any atom is 0.257 e. The lowest BCUT2D eigenvalue weighted by molar-refractivity contribution is -0.137. The average Bonchev–Trinajstić information content (AvgIpc) is 2.75. The van der Waals surface area contributed by atoms with E-state index >= 15 is 0 Å². The van der Waals surface area contributed by atoms with Gasteiger partial charge in [0.2, 0.25) is 0 Å². The van der Waals surface area contributed by atoms with Crippen LogP contribution in [0.2, 0.25) is 0 Å². The molecular formula is C22H20BrFN2O3S. The highest BCUT2D eigenvalue weighted by Gasteiger charge is 2.50. The second-order valence-corrected chi connectivity index (χ2v) is 9.36. The van der Waals surface area contributed by atoms with Crippen LogP contribution in [0.4, 0.5) is 4.39 Å². The number of nitrogens with one attached hydrogen (secondary N) is 1. The van der Waals surface area contributed by atoms with Gasteiger partial charge in [0.15, 0.2) is 11.0 Å². The molecule has 0 aliphatic carbocycles. The number of amides is 1. The summed E-state index contributed by atoms with van der Waals surface area (Å²) in [5.74, 6) is -0.227. The molecule has 1 amide bonds. The van der Waals surface area contributed by atoms with Crippen LogP contribution in [0.1, 0.15) is 29.3 Å². The molecule has 2 heterocycles. The van der Waals surface area contributed by atoms with E-state index in [1.807, 2.05) is 6.07 Å². The quantitative estimate of drug-likeness (QED) is 0.695. The SMILES string of the molecule is CC(=O)[C@H]1C[C@H]2CSC(NC(=O)c3ccccc3)=N[C@@]2(c2cc(Br)ccc2F)CO1. The predicted octanol–water partition coefficient (Wildman–Crippen LogP) is 4.31. The van der Waals surface area contributed by atoms with Crippen molar-refractivity contribution in [2.24, 2.45) is 10.9 Å². The van der Waals surface area contributed by atoms with E-state index in [4.69, 9.17) is 9.73 Å². The third kappa shape index (κ3) is 4.08. The van der Waals surface area contributed by atoms with Crippen molar-refractivity contribution in [1.29, 1.82) is 0 Å². The van der Waals surface area contributed by atoms with E-state index in [9.17, 15) is 14.0 Å². The molecule has 2 aromatic rings. The van der Waals surface area contributed by atoms with Gasteiger partial charge in [-0.3, -0.25) is 9.59 Å². The first-order valence-corrected chi connectivity index (χ1v) is 11.3. The Morgan fingerprint density at radius 1 is 1.27 bits per heavy atom. The molecule has 0 saturated carbocycles. The van der Waals surface area contributed by atoms with Gasteiger partial charge in [0.25, 0.3) is 5.91 Å². The van der Waals surface area contributed by atoms with Gasteiger partial charge in [-0.1, -0.05) is 45.9 Å². The number of aliphatic imine (C=N–C) groups is 1. The Hall–Kier alpha value is -2.03. The summed E-state index contributed by atoms with van der Waals surface area (Å²) >= 11 is 4.82. The summed E-state index contributed by atoms with van der Waals surface area (Å²) in [6.45, 7) is 1.57. The Morgan fingerprint density at radius 2 is 2.03 bits per heavy atom. The van der Waals surface area contributed by atoms with Gasteiger partial charge in [-0.05, 0) is 43.7 Å². The summed E-state index contributed by atoms with van der Waals surface area (Å²) in [5.41, 5.74) is -0.0949. The summed E-state index contributed by atoms with van der Waals surface area (Å²) in [6.07, 6.45) is -0.0628. The van der Waals surface area contributed by atoms with E-state index < -0.39 is 17.5 Å². The van der Waals surface area contributed by atoms with Gasteiger partial charge in [0.1, 0.15) is 17.5 Å². The van der Waals surface area contributed by atoms with Crippen LogP contribution < -0.4 is 5.32 Å². The first-order chi connectivity index (χ1) is 14.4. The summed E-state index contributed by atoms with van der Waals surface area (Å²) in [4.78, 5) is 29.3. The van der Waals surface area contributed by atoms with Crippen molar-refractivity contribution in [3.63, 3.8) is 0 Å². The zero-order chi connectivity index (χ0) is 21.3. The number of Topliss-reactive ketones (excluding diaryl/α,β-unsaturated/α-hetero) is 1. The van der Waals surface area contributed by atoms with E-state index in [1.165, 1.54) is 24.8 Å². The second kappa shape index (κ2) is 8.61. The summed E-state index contributed by atoms with van der Waals surface area (Å²) in [7, 11) is 0. The number of hydrogen-bond donors (Lipinski definition) is 1. The number of carbonyl (C=O) groups excluding carboxylic acids is 2. The van der Waals surface area contributed by atoms with Crippen molar-refractivity contribution in [2.75, 3.05) is 12.4 Å². The molecule has 3 atom stereocenters. The van der Waals surface area contributed by atoms with E-state index in [0.29, 0.717) is 28.5 Å². The zero-order valence-corrected chi connectivity index (χ0v) is 18.6. The fourth-order valence-corrected chi connectivity index (χ4v) is 5.41. The number of thioether (sulfide) groups is 1. The van der Waals surface area contributed by atoms with Crippen LogP contribution in [-0.2, 0) is 15.1 Å². The van der Waals surface area contributed by atoms with Crippen LogP contribution in [0.25, 0.3) is 0 Å². The Kier molecular flexibility index (Phi) is 6.09. The third-order valence-corrected chi connectivity index (χ3v) is 7.03. The summed E-state index contributed by atoms with van der Waals surface area (Å²) < 4.78 is 21.5. The van der Waals surface area contributed by atoms with Gasteiger partial charge >= 0.3 is 0 Å². The van der Waals surface area contributed by atoms with E-state index in [-0.39, 0.29) is 24.2 Å². The largest absolute Gasteiger partial charge is 0.368 e. The lowest BCUT2D eigenvalue weighted by atomic mass is 9.74. The number of hydrogen-bond acceptors (Lipinski definition) is 5. The number of benzene rings is 2. The van der Waals surface area contributed by atoms with E-state index in [0.717, 1.165) is 4.47 Å². The van der Waals surface area contributed by atoms with Crippen molar-refractivity contribution in [1.82, 2.24) is 5.32 Å². The number of amidine groups is 1. The monoisotopic (exact) mass is 490 g/mol. The van der Waals surface area contributed by atoms with Gasteiger partial charge in [-0.2, -0.15) is 0 Å². The Morgan fingerprint density at radius 3 is 2.77 bits per heavy atom. The molecule has 156 valence electrons. The fraction of sp³-hybridized carbons (Fsp3) is 0.318. The molecule has 0 aromatic heterocycles. The second-order valence-electron chi connectivity index (χ2n) is 7.44. The number of ketones is 1. The highest BCUT2D eigenvalue weighted by atomic mass is 79.9. The first-order valence-electron chi connectivity index (χ1n) is 9.55. The molecule has 4 rings (SSSR count). The number of nitrogens with zero attached hydrogens (tertiary/aromatic N) is 1. The number of ether oxygens (including phenoxy) is 1. The standard InChI is InChI=1S/C22H20BrFN2O3S/c1-13(27)19-9-15-11-30-21(25-20(28)14-5-3-2-4-6-14)26-22(15,12-29-19)17-10-16(23)7-8-18(17)24/h2-8,10,15,19H,9,11-12H2,1H3,(H,25,26,28)/t15-,19+,22-/m0/s1. The van der Waals surface area contributed by atoms with Gasteiger partial charge in [0, 0.05) is 27.3 Å². The molecule has 0 bridgehead atoms. The van der Waals surface area contributed by atoms with Crippen LogP contribution in [0, 0.1) is 11.7 Å². The topological polar surface area (TPSA) is 67.8 Å². The third-order valence-electron chi connectivity index (χ3n) is 5.51. The lowest BCUT2D eigenvalue weighted by Gasteiger charge is -2.46. The molecule has 0 unspecified atom stereocenters. The molecule has 2 aromatic carbocycles. The minimum Gasteiger partial charge on any atom is -0.368 e. The Bertz CT molecular complexity index is 1020. The molecule has 5 nitrogen and oxygen atoms in total. The highest BCUT2D eigenvalue weighted by Crippen LogP contribution is 2.47. The number of fused-ring (bicyclic) bond motifs is 1. The summed E-state index contributed by atoms with van der Waals surface area (Å²) in [6, 6.07) is 13.6. The minimum atomic E-state index is -1.01. The number of carbonyl (C=O) groups is 2. The van der Waals surface area contributed by atoms with Gasteiger partial charge in [0.05, 0.1) is 6.61 Å². The zero-order valence-electron chi connectivity index (χ0n) is 16.2. The van der Waals surface area contributed by atoms with Crippen LogP contribution in [0.5, 0.6) is 0 Å². The van der Waals surface area contributed by atoms with Gasteiger partial charge in [-0.15, -0.1) is 0 Å². The molecular weight excluding hydrogens is 471 g/mol. The minimum absolute atomic E-state index is 0.0459. The Balaban J connectivity index is 1.72. The van der Waals surface area contributed by atoms with Crippen molar-refractivity contribution in [3.8, 4) is 0 Å². The molecule has 1 N–H and O–H groups in total. The summed E-state index contributed by atoms with van der Waals surface area (Å²) in [5, 5.41) is 3.27. The van der Waals surface area contributed by atoms with Crippen molar-refractivity contribution < 1.29 is 18.7 Å². The Labute approximate surface area is 186 Å². The molecule has 0 spiro atoms. The van der Waals surface area contributed by atoms with Crippen molar-refractivity contribution in [3.05, 3.63) is 69.9 Å². The first kappa shape index (κ1) is 21.2. The molecule has 30 heavy (non-hydrogen) atoms. The van der Waals surface area contributed by atoms with Crippen LogP contribution in [0.15, 0.2) is 58.0 Å². The highest BCUT2D eigenvalue weighted by molar-refractivity contribution is 9.10. The van der Waals surface area contributed by atoms with Gasteiger partial charge in [-0.25, -0.2) is 9.38 Å². The number of rotatable bonds is 3. The average molecular weight is 491 g/mol. The molecule has 2 aliphatic heterocycles. The number of halogens is 2. The van der Waals surface area contributed by atoms with Crippen molar-refractivity contribution in [2.45, 2.75) is 25.0 Å². The van der Waals surface area contributed by atoms with E-state index in [2.05, 4.69) is 21.2 Å². The molecule has 1 fully saturated rings. The lowest BCUT2D eigenvalue weighted by Crippen LogP contribution is -2.52. The molecule has 0 radical (unpaired) electrons. The van der Waals surface area contributed by atoms with Crippen molar-refractivity contribution >= 4 is 44.5 Å². The smallest absolute Gasteiger partial charge is 0.257 e. The molecule has 8 heteroatoms. The predicted molar refractivity (Wildman–Crippen MR) is 118 cm³/mol. The maximum absolute atomic E-state index is 14.9. The molecule has 2 aliphatic rings. The van der Waals surface area contributed by atoms with Crippen LogP contribution in [-0.4, -0.2) is 35.3 Å². The molecule has 1 saturated heterocycles. The van der Waals surface area contributed by atoms with Crippen LogP contribution in [0.3, 0.4) is 0 Å². The van der Waals surface area contributed by atoms with Gasteiger partial charge < -0.3 is 10.1 Å². The fourth-order valence-electron chi connectivity index (χ4n) is 3.88. The normalized spacial score (nSPS) is 25.8. The van der Waals surface area contributed by atoms with Crippen LogP contribution >= 0.6 is 27.7 Å². The van der Waals surface area contributed by atoms with E-state index in [1.54, 1.807) is 36.4 Å². The maximum atomic E-state index is 14.9.